The van der Waals surface area contributed by atoms with Crippen LogP contribution in [0.3, 0.4) is 0 Å². The predicted molar refractivity (Wildman–Crippen MR) is 75.9 cm³/mol. The van der Waals surface area contributed by atoms with Gasteiger partial charge in [-0.15, -0.1) is 0 Å². The van der Waals surface area contributed by atoms with Crippen molar-refractivity contribution in [2.45, 2.75) is 0 Å². The molecule has 2 nitrogen and oxygen atoms in total. The molecule has 0 radical (unpaired) electrons. The van der Waals surface area contributed by atoms with E-state index in [2.05, 4.69) is 0 Å². The first-order valence-corrected chi connectivity index (χ1v) is 6.08. The Labute approximate surface area is 111 Å². The summed E-state index contributed by atoms with van der Waals surface area (Å²) in [4.78, 5) is 11.2. The predicted octanol–water partition coefficient (Wildman–Crippen LogP) is 4.44. The third-order valence-electron chi connectivity index (χ3n) is 3.00. The zero-order valence-corrected chi connectivity index (χ0v) is 10.2. The molecule has 0 saturated heterocycles. The fraction of sp³-hybridized carbons (Fsp3) is 0. The first kappa shape index (κ1) is 11.5. The maximum Gasteiger partial charge on any atom is 0.153 e. The summed E-state index contributed by atoms with van der Waals surface area (Å²) in [7, 11) is 0. The van der Waals surface area contributed by atoms with Gasteiger partial charge in [-0.3, -0.25) is 4.79 Å². The first-order valence-electron chi connectivity index (χ1n) is 6.08. The maximum absolute atomic E-state index is 11.2. The van der Waals surface area contributed by atoms with Crippen LogP contribution in [0.2, 0.25) is 0 Å². The zero-order chi connectivity index (χ0) is 13.1. The molecule has 0 heterocycles. The summed E-state index contributed by atoms with van der Waals surface area (Å²) in [6.45, 7) is 0. The molecule has 0 aromatic heterocycles. The number of aldehydes is 1. The minimum atomic E-state index is 0.558. The van der Waals surface area contributed by atoms with Crippen LogP contribution < -0.4 is 4.74 Å². The molecule has 0 bridgehead atoms. The van der Waals surface area contributed by atoms with E-state index in [0.29, 0.717) is 11.3 Å². The van der Waals surface area contributed by atoms with Crippen molar-refractivity contribution in [2.24, 2.45) is 0 Å². The number of fused-ring (bicyclic) bond motifs is 1. The van der Waals surface area contributed by atoms with Gasteiger partial charge in [-0.2, -0.15) is 0 Å². The van der Waals surface area contributed by atoms with Crippen molar-refractivity contribution in [3.63, 3.8) is 0 Å². The topological polar surface area (TPSA) is 26.3 Å². The van der Waals surface area contributed by atoms with E-state index in [4.69, 9.17) is 4.74 Å². The van der Waals surface area contributed by atoms with E-state index in [1.54, 1.807) is 6.07 Å². The minimum absolute atomic E-state index is 0.558. The third-order valence-corrected chi connectivity index (χ3v) is 3.00. The summed E-state index contributed by atoms with van der Waals surface area (Å²) < 4.78 is 5.88. The molecule has 3 rings (SSSR count). The van der Waals surface area contributed by atoms with Crippen LogP contribution in [-0.2, 0) is 0 Å². The van der Waals surface area contributed by atoms with Gasteiger partial charge in [0.25, 0.3) is 0 Å². The third kappa shape index (κ3) is 2.20. The molecular weight excluding hydrogens is 236 g/mol. The quantitative estimate of drug-likeness (QED) is 0.640. The second kappa shape index (κ2) is 4.94. The van der Waals surface area contributed by atoms with Gasteiger partial charge in [0.15, 0.2) is 6.29 Å². The largest absolute Gasteiger partial charge is 0.456 e. The number of para-hydroxylation sites is 1. The van der Waals surface area contributed by atoms with Crippen molar-refractivity contribution in [3.8, 4) is 11.5 Å². The molecule has 3 aromatic carbocycles. The molecule has 0 aliphatic carbocycles. The molecule has 2 heteroatoms. The van der Waals surface area contributed by atoms with Gasteiger partial charge < -0.3 is 4.74 Å². The Morgan fingerprint density at radius 3 is 2.32 bits per heavy atom. The molecule has 19 heavy (non-hydrogen) atoms. The van der Waals surface area contributed by atoms with Crippen molar-refractivity contribution in [1.82, 2.24) is 0 Å². The molecule has 0 aliphatic rings. The van der Waals surface area contributed by atoms with Gasteiger partial charge >= 0.3 is 0 Å². The lowest BCUT2D eigenvalue weighted by Gasteiger charge is -2.11. The lowest BCUT2D eigenvalue weighted by molar-refractivity contribution is 0.112. The van der Waals surface area contributed by atoms with Gasteiger partial charge in [0.2, 0.25) is 0 Å². The molecule has 0 saturated carbocycles. The number of ether oxygens (including phenoxy) is 1. The lowest BCUT2D eigenvalue weighted by Crippen LogP contribution is -1.91. The van der Waals surface area contributed by atoms with E-state index in [1.165, 1.54) is 0 Å². The van der Waals surface area contributed by atoms with E-state index in [1.807, 2.05) is 60.7 Å². The Hall–Kier alpha value is -2.61. The van der Waals surface area contributed by atoms with Crippen molar-refractivity contribution >= 4 is 17.1 Å². The monoisotopic (exact) mass is 248 g/mol. The highest BCUT2D eigenvalue weighted by Crippen LogP contribution is 2.32. The molecule has 92 valence electrons. The van der Waals surface area contributed by atoms with Crippen LogP contribution in [-0.4, -0.2) is 6.29 Å². The Kier molecular flexibility index (Phi) is 2.99. The number of carbonyl (C=O) groups is 1. The van der Waals surface area contributed by atoms with Crippen molar-refractivity contribution in [1.29, 1.82) is 0 Å². The van der Waals surface area contributed by atoms with Crippen LogP contribution >= 0.6 is 0 Å². The Morgan fingerprint density at radius 1 is 0.789 bits per heavy atom. The van der Waals surface area contributed by atoms with Gasteiger partial charge in [0.05, 0.1) is 5.56 Å². The van der Waals surface area contributed by atoms with Crippen LogP contribution in [0, 0.1) is 0 Å². The fourth-order valence-corrected chi connectivity index (χ4v) is 2.07. The summed E-state index contributed by atoms with van der Waals surface area (Å²) in [5.41, 5.74) is 0.558. The van der Waals surface area contributed by atoms with E-state index in [0.717, 1.165) is 22.8 Å². The molecule has 0 unspecified atom stereocenters. The fourth-order valence-electron chi connectivity index (χ4n) is 2.07. The Morgan fingerprint density at radius 2 is 1.53 bits per heavy atom. The molecule has 3 aromatic rings. The number of carbonyl (C=O) groups excluding carboxylic acids is 1. The second-order valence-corrected chi connectivity index (χ2v) is 4.24. The average Bonchev–Trinajstić information content (AvgIpc) is 2.49. The molecule has 0 atom stereocenters. The lowest BCUT2D eigenvalue weighted by atomic mass is 10.1. The van der Waals surface area contributed by atoms with Crippen LogP contribution in [0.15, 0.2) is 66.7 Å². The zero-order valence-electron chi connectivity index (χ0n) is 10.2. The first-order chi connectivity index (χ1) is 9.38. The number of rotatable bonds is 3. The van der Waals surface area contributed by atoms with Crippen molar-refractivity contribution in [2.75, 3.05) is 0 Å². The SMILES string of the molecule is O=Cc1ccc2ccccc2c1Oc1ccccc1. The summed E-state index contributed by atoms with van der Waals surface area (Å²) in [6.07, 6.45) is 0.824. The highest BCUT2D eigenvalue weighted by atomic mass is 16.5. The van der Waals surface area contributed by atoms with E-state index in [-0.39, 0.29) is 0 Å². The Balaban J connectivity index is 2.17. The van der Waals surface area contributed by atoms with E-state index in [9.17, 15) is 4.79 Å². The van der Waals surface area contributed by atoms with Crippen LogP contribution in [0.4, 0.5) is 0 Å². The maximum atomic E-state index is 11.2. The number of hydrogen-bond donors (Lipinski definition) is 0. The number of benzene rings is 3. The highest BCUT2D eigenvalue weighted by Gasteiger charge is 2.09. The number of hydrogen-bond acceptors (Lipinski definition) is 2. The van der Waals surface area contributed by atoms with E-state index < -0.39 is 0 Å². The summed E-state index contributed by atoms with van der Waals surface area (Å²) in [6, 6.07) is 21.1. The minimum Gasteiger partial charge on any atom is -0.456 e. The smallest absolute Gasteiger partial charge is 0.153 e. The summed E-state index contributed by atoms with van der Waals surface area (Å²) in [5.74, 6) is 1.33. The average molecular weight is 248 g/mol. The standard InChI is InChI=1S/C17H12O2/c18-12-14-11-10-13-6-4-5-9-16(13)17(14)19-15-7-2-1-3-8-15/h1-12H. The van der Waals surface area contributed by atoms with Gasteiger partial charge in [-0.1, -0.05) is 48.5 Å². The molecule has 0 amide bonds. The normalized spacial score (nSPS) is 10.3. The molecule has 0 aliphatic heterocycles. The Bertz CT molecular complexity index is 718. The van der Waals surface area contributed by atoms with Gasteiger partial charge in [-0.05, 0) is 23.6 Å². The van der Waals surface area contributed by atoms with Crippen LogP contribution in [0.25, 0.3) is 10.8 Å². The van der Waals surface area contributed by atoms with Crippen molar-refractivity contribution < 1.29 is 9.53 Å². The van der Waals surface area contributed by atoms with E-state index >= 15 is 0 Å². The summed E-state index contributed by atoms with van der Waals surface area (Å²) >= 11 is 0. The van der Waals surface area contributed by atoms with Gasteiger partial charge in [0, 0.05) is 5.39 Å². The van der Waals surface area contributed by atoms with Gasteiger partial charge in [0.1, 0.15) is 11.5 Å². The molecule has 0 fully saturated rings. The molecular formula is C17H12O2. The van der Waals surface area contributed by atoms with Gasteiger partial charge in [-0.25, -0.2) is 0 Å². The van der Waals surface area contributed by atoms with Crippen molar-refractivity contribution in [3.05, 3.63) is 72.3 Å². The van der Waals surface area contributed by atoms with Crippen LogP contribution in [0.5, 0.6) is 11.5 Å². The van der Waals surface area contributed by atoms with Crippen LogP contribution in [0.1, 0.15) is 10.4 Å². The molecule has 0 spiro atoms. The highest BCUT2D eigenvalue weighted by molar-refractivity contribution is 5.96. The second-order valence-electron chi connectivity index (χ2n) is 4.24. The summed E-state index contributed by atoms with van der Waals surface area (Å²) in [5, 5.41) is 2.00. The molecule has 0 N–H and O–H groups in total.